The van der Waals surface area contributed by atoms with Gasteiger partial charge < -0.3 is 14.7 Å². The number of likely N-dealkylation sites (tertiary alicyclic amines) is 1. The lowest BCUT2D eigenvalue weighted by atomic mass is 9.97. The normalized spacial score (nSPS) is 16.6. The minimum atomic E-state index is -0.759. The van der Waals surface area contributed by atoms with Gasteiger partial charge in [0.2, 0.25) is 0 Å². The molecule has 1 amide bonds. The highest BCUT2D eigenvalue weighted by Gasteiger charge is 2.27. The highest BCUT2D eigenvalue weighted by molar-refractivity contribution is 7.12. The van der Waals surface area contributed by atoms with Crippen molar-refractivity contribution in [3.63, 3.8) is 0 Å². The molecular weight excluding hydrogens is 266 g/mol. The van der Waals surface area contributed by atoms with Gasteiger partial charge in [0.05, 0.1) is 17.4 Å². The lowest BCUT2D eigenvalue weighted by Gasteiger charge is -2.29. The van der Waals surface area contributed by atoms with Crippen LogP contribution in [0.1, 0.15) is 28.1 Å². The third kappa shape index (κ3) is 3.33. The van der Waals surface area contributed by atoms with E-state index in [4.69, 9.17) is 9.84 Å². The lowest BCUT2D eigenvalue weighted by Crippen LogP contribution is -2.39. The summed E-state index contributed by atoms with van der Waals surface area (Å²) in [6, 6.07) is 1.85. The van der Waals surface area contributed by atoms with Gasteiger partial charge in [-0.25, -0.2) is 0 Å². The largest absolute Gasteiger partial charge is 0.481 e. The molecule has 1 fully saturated rings. The average Bonchev–Trinajstić information content (AvgIpc) is 2.87. The van der Waals surface area contributed by atoms with E-state index in [1.54, 1.807) is 12.0 Å². The van der Waals surface area contributed by atoms with Crippen LogP contribution in [-0.2, 0) is 16.1 Å². The molecule has 1 aromatic rings. The molecule has 0 spiro atoms. The number of hydrogen-bond donors (Lipinski definition) is 1. The van der Waals surface area contributed by atoms with E-state index >= 15 is 0 Å². The Morgan fingerprint density at radius 1 is 1.47 bits per heavy atom. The Bertz CT molecular complexity index is 463. The quantitative estimate of drug-likeness (QED) is 0.915. The summed E-state index contributed by atoms with van der Waals surface area (Å²) in [5, 5.41) is 10.8. The van der Waals surface area contributed by atoms with Crippen molar-refractivity contribution in [3.8, 4) is 0 Å². The number of rotatable bonds is 4. The van der Waals surface area contributed by atoms with Gasteiger partial charge in [0.25, 0.3) is 5.91 Å². The Balaban J connectivity index is 1.95. The van der Waals surface area contributed by atoms with Crippen molar-refractivity contribution in [3.05, 3.63) is 21.9 Å². The van der Waals surface area contributed by atoms with Crippen LogP contribution < -0.4 is 0 Å². The van der Waals surface area contributed by atoms with Crippen molar-refractivity contribution in [1.29, 1.82) is 0 Å². The van der Waals surface area contributed by atoms with Gasteiger partial charge in [0.1, 0.15) is 0 Å². The molecule has 2 rings (SSSR count). The third-order valence-corrected chi connectivity index (χ3v) is 4.27. The molecule has 1 saturated heterocycles. The number of hydrogen-bond acceptors (Lipinski definition) is 4. The number of methoxy groups -OCH3 is 1. The van der Waals surface area contributed by atoms with Gasteiger partial charge in [0, 0.05) is 20.2 Å². The van der Waals surface area contributed by atoms with Crippen LogP contribution >= 0.6 is 11.3 Å². The summed E-state index contributed by atoms with van der Waals surface area (Å²) in [5.41, 5.74) is 0.997. The van der Waals surface area contributed by atoms with Crippen molar-refractivity contribution in [2.75, 3.05) is 20.2 Å². The summed E-state index contributed by atoms with van der Waals surface area (Å²) in [5.74, 6) is -1.07. The number of nitrogens with zero attached hydrogens (tertiary/aromatic N) is 1. The van der Waals surface area contributed by atoms with E-state index in [2.05, 4.69) is 0 Å². The van der Waals surface area contributed by atoms with Crippen molar-refractivity contribution in [2.24, 2.45) is 5.92 Å². The number of carboxylic acids is 1. The number of piperidine rings is 1. The molecule has 5 nitrogen and oxygen atoms in total. The molecule has 104 valence electrons. The van der Waals surface area contributed by atoms with E-state index in [0.717, 1.165) is 5.56 Å². The second-order valence-electron chi connectivity index (χ2n) is 4.66. The molecule has 1 N–H and O–H groups in total. The Kier molecular flexibility index (Phi) is 4.55. The highest BCUT2D eigenvalue weighted by Crippen LogP contribution is 2.22. The molecule has 0 atom stereocenters. The smallest absolute Gasteiger partial charge is 0.306 e. The minimum Gasteiger partial charge on any atom is -0.481 e. The molecule has 0 unspecified atom stereocenters. The first-order valence-electron chi connectivity index (χ1n) is 6.20. The van der Waals surface area contributed by atoms with Gasteiger partial charge in [-0.05, 0) is 29.9 Å². The van der Waals surface area contributed by atoms with Gasteiger partial charge in [-0.3, -0.25) is 9.59 Å². The van der Waals surface area contributed by atoms with E-state index in [0.29, 0.717) is 37.4 Å². The van der Waals surface area contributed by atoms with Crippen LogP contribution in [0.3, 0.4) is 0 Å². The molecule has 0 radical (unpaired) electrons. The summed E-state index contributed by atoms with van der Waals surface area (Å²) in [7, 11) is 1.62. The zero-order chi connectivity index (χ0) is 13.8. The van der Waals surface area contributed by atoms with Gasteiger partial charge in [-0.15, -0.1) is 11.3 Å². The Labute approximate surface area is 115 Å². The highest BCUT2D eigenvalue weighted by atomic mass is 32.1. The lowest BCUT2D eigenvalue weighted by molar-refractivity contribution is -0.143. The molecule has 6 heteroatoms. The minimum absolute atomic E-state index is 0.00353. The van der Waals surface area contributed by atoms with Crippen LogP contribution in [0.5, 0.6) is 0 Å². The molecule has 1 aliphatic rings. The fourth-order valence-corrected chi connectivity index (χ4v) is 3.08. The number of carboxylic acid groups (broad SMARTS) is 1. The molecule has 0 saturated carbocycles. The van der Waals surface area contributed by atoms with Crippen LogP contribution in [0, 0.1) is 5.92 Å². The third-order valence-electron chi connectivity index (χ3n) is 3.31. The van der Waals surface area contributed by atoms with Crippen LogP contribution in [0.25, 0.3) is 0 Å². The summed E-state index contributed by atoms with van der Waals surface area (Å²) in [6.07, 6.45) is 1.08. The van der Waals surface area contributed by atoms with Gasteiger partial charge in [-0.1, -0.05) is 0 Å². The number of carbonyl (C=O) groups is 2. The topological polar surface area (TPSA) is 66.8 Å². The zero-order valence-electron chi connectivity index (χ0n) is 10.8. The van der Waals surface area contributed by atoms with Gasteiger partial charge in [0.15, 0.2) is 0 Å². The van der Waals surface area contributed by atoms with Crippen molar-refractivity contribution >= 4 is 23.2 Å². The van der Waals surface area contributed by atoms with Gasteiger partial charge in [-0.2, -0.15) is 0 Å². The second-order valence-corrected chi connectivity index (χ2v) is 5.57. The number of amides is 1. The average molecular weight is 283 g/mol. The molecular formula is C13H17NO4S. The monoisotopic (exact) mass is 283 g/mol. The number of thiophene rings is 1. The first-order valence-corrected chi connectivity index (χ1v) is 7.08. The number of ether oxygens (including phenoxy) is 1. The van der Waals surface area contributed by atoms with E-state index < -0.39 is 5.97 Å². The van der Waals surface area contributed by atoms with Crippen LogP contribution in [0.15, 0.2) is 11.4 Å². The second kappa shape index (κ2) is 6.16. The first kappa shape index (κ1) is 14.0. The number of aliphatic carboxylic acids is 1. The molecule has 1 aromatic heterocycles. The van der Waals surface area contributed by atoms with E-state index in [9.17, 15) is 9.59 Å². The Hall–Kier alpha value is -1.40. The Morgan fingerprint density at radius 2 is 2.16 bits per heavy atom. The van der Waals surface area contributed by atoms with Crippen LogP contribution in [0.2, 0.25) is 0 Å². The summed E-state index contributed by atoms with van der Waals surface area (Å²) < 4.78 is 5.02. The fraction of sp³-hybridized carbons (Fsp3) is 0.538. The molecule has 19 heavy (non-hydrogen) atoms. The van der Waals surface area contributed by atoms with Gasteiger partial charge >= 0.3 is 5.97 Å². The summed E-state index contributed by atoms with van der Waals surface area (Å²) >= 11 is 1.41. The molecule has 0 aromatic carbocycles. The molecule has 0 aliphatic carbocycles. The summed E-state index contributed by atoms with van der Waals surface area (Å²) in [6.45, 7) is 1.55. The maximum absolute atomic E-state index is 12.2. The molecule has 1 aliphatic heterocycles. The Morgan fingerprint density at radius 3 is 2.74 bits per heavy atom. The predicted molar refractivity (Wildman–Crippen MR) is 71.3 cm³/mol. The SMILES string of the molecule is COCc1csc(C(=O)N2CCC(C(=O)O)CC2)c1. The molecule has 2 heterocycles. The van der Waals surface area contributed by atoms with Crippen LogP contribution in [-0.4, -0.2) is 42.1 Å². The van der Waals surface area contributed by atoms with Crippen molar-refractivity contribution in [1.82, 2.24) is 4.90 Å². The zero-order valence-corrected chi connectivity index (χ0v) is 11.6. The number of carbonyl (C=O) groups excluding carboxylic acids is 1. The van der Waals surface area contributed by atoms with Crippen molar-refractivity contribution in [2.45, 2.75) is 19.4 Å². The predicted octanol–water partition coefficient (Wildman–Crippen LogP) is 1.83. The standard InChI is InChI=1S/C13H17NO4S/c1-18-7-9-6-11(19-8-9)12(15)14-4-2-10(3-5-14)13(16)17/h6,8,10H,2-5,7H2,1H3,(H,16,17). The van der Waals surface area contributed by atoms with E-state index in [1.807, 2.05) is 11.4 Å². The molecule has 0 bridgehead atoms. The van der Waals surface area contributed by atoms with E-state index in [1.165, 1.54) is 11.3 Å². The van der Waals surface area contributed by atoms with E-state index in [-0.39, 0.29) is 11.8 Å². The first-order chi connectivity index (χ1) is 9.11. The summed E-state index contributed by atoms with van der Waals surface area (Å²) in [4.78, 5) is 25.5. The maximum Gasteiger partial charge on any atom is 0.306 e. The fourth-order valence-electron chi connectivity index (χ4n) is 2.22. The van der Waals surface area contributed by atoms with Crippen molar-refractivity contribution < 1.29 is 19.4 Å². The maximum atomic E-state index is 12.2. The van der Waals surface area contributed by atoms with Crippen LogP contribution in [0.4, 0.5) is 0 Å².